The standard InChI is InChI=1S/C16H18N4O2/c1-6-10-8-19-14(17-5)12-9-18-13(7-11(10)12)20-15(21)22-16(2,3)4/h1,7-9H,2-5H3,(H,17,19)(H,18,20,21). The Bertz CT molecular complexity index is 757. The van der Waals surface area contributed by atoms with E-state index in [0.717, 1.165) is 10.8 Å². The van der Waals surface area contributed by atoms with Gasteiger partial charge in [0.25, 0.3) is 0 Å². The molecule has 0 aliphatic carbocycles. The van der Waals surface area contributed by atoms with E-state index in [0.29, 0.717) is 17.2 Å². The summed E-state index contributed by atoms with van der Waals surface area (Å²) in [6.07, 6.45) is 8.15. The molecule has 0 atom stereocenters. The van der Waals surface area contributed by atoms with Crippen LogP contribution in [0.25, 0.3) is 10.8 Å². The first-order valence-corrected chi connectivity index (χ1v) is 6.77. The maximum absolute atomic E-state index is 11.8. The molecule has 2 N–H and O–H groups in total. The van der Waals surface area contributed by atoms with Gasteiger partial charge in [-0.1, -0.05) is 5.92 Å². The average molecular weight is 298 g/mol. The van der Waals surface area contributed by atoms with Gasteiger partial charge in [0.05, 0.1) is 5.56 Å². The van der Waals surface area contributed by atoms with Crippen molar-refractivity contribution in [3.63, 3.8) is 0 Å². The Morgan fingerprint density at radius 3 is 2.59 bits per heavy atom. The summed E-state index contributed by atoms with van der Waals surface area (Å²) in [5.41, 5.74) is 0.0531. The second kappa shape index (κ2) is 5.90. The third kappa shape index (κ3) is 3.44. The van der Waals surface area contributed by atoms with E-state index in [1.807, 2.05) is 0 Å². The highest BCUT2D eigenvalue weighted by molar-refractivity contribution is 5.97. The van der Waals surface area contributed by atoms with Gasteiger partial charge in [-0.3, -0.25) is 5.32 Å². The summed E-state index contributed by atoms with van der Waals surface area (Å²) in [5.74, 6) is 3.62. The number of nitrogens with zero attached hydrogens (tertiary/aromatic N) is 2. The van der Waals surface area contributed by atoms with Crippen LogP contribution < -0.4 is 10.6 Å². The highest BCUT2D eigenvalue weighted by Crippen LogP contribution is 2.25. The van der Waals surface area contributed by atoms with E-state index in [4.69, 9.17) is 11.2 Å². The Kier molecular flexibility index (Phi) is 4.18. The lowest BCUT2D eigenvalue weighted by molar-refractivity contribution is 0.0635. The molecule has 0 unspecified atom stereocenters. The van der Waals surface area contributed by atoms with Crippen molar-refractivity contribution in [2.24, 2.45) is 0 Å². The second-order valence-electron chi connectivity index (χ2n) is 5.66. The smallest absolute Gasteiger partial charge is 0.413 e. The van der Waals surface area contributed by atoms with Gasteiger partial charge >= 0.3 is 6.09 Å². The highest BCUT2D eigenvalue weighted by atomic mass is 16.6. The number of anilines is 2. The van der Waals surface area contributed by atoms with Gasteiger partial charge in [0.15, 0.2) is 0 Å². The van der Waals surface area contributed by atoms with Crippen LogP contribution in [0.2, 0.25) is 0 Å². The van der Waals surface area contributed by atoms with Crippen molar-refractivity contribution in [3.8, 4) is 12.3 Å². The molecule has 0 fully saturated rings. The van der Waals surface area contributed by atoms with Crippen molar-refractivity contribution in [1.29, 1.82) is 0 Å². The molecule has 0 aliphatic rings. The van der Waals surface area contributed by atoms with E-state index in [-0.39, 0.29) is 0 Å². The van der Waals surface area contributed by atoms with Crippen LogP contribution in [0.5, 0.6) is 0 Å². The molecule has 22 heavy (non-hydrogen) atoms. The van der Waals surface area contributed by atoms with Gasteiger partial charge in [0.2, 0.25) is 0 Å². The third-order valence-electron chi connectivity index (χ3n) is 2.79. The predicted octanol–water partition coefficient (Wildman–Crippen LogP) is 3.00. The van der Waals surface area contributed by atoms with Crippen molar-refractivity contribution >= 4 is 28.5 Å². The fraction of sp³-hybridized carbons (Fsp3) is 0.312. The molecule has 0 aliphatic heterocycles. The third-order valence-corrected chi connectivity index (χ3v) is 2.79. The molecule has 2 aromatic rings. The first-order chi connectivity index (χ1) is 10.3. The molecule has 2 aromatic heterocycles. The molecular formula is C16H18N4O2. The first-order valence-electron chi connectivity index (χ1n) is 6.77. The normalized spacial score (nSPS) is 10.9. The van der Waals surface area contributed by atoms with Gasteiger partial charge in [-0.15, -0.1) is 6.42 Å². The molecule has 2 rings (SSSR count). The van der Waals surface area contributed by atoms with Crippen LogP contribution in [0.15, 0.2) is 18.5 Å². The maximum atomic E-state index is 11.8. The van der Waals surface area contributed by atoms with Crippen molar-refractivity contribution in [1.82, 2.24) is 9.97 Å². The largest absolute Gasteiger partial charge is 0.444 e. The zero-order valence-corrected chi connectivity index (χ0v) is 13.0. The van der Waals surface area contributed by atoms with Crippen molar-refractivity contribution in [2.75, 3.05) is 17.7 Å². The molecule has 0 bridgehead atoms. The van der Waals surface area contributed by atoms with Gasteiger partial charge in [-0.05, 0) is 26.8 Å². The minimum absolute atomic E-state index is 0.367. The highest BCUT2D eigenvalue weighted by Gasteiger charge is 2.17. The van der Waals surface area contributed by atoms with Crippen molar-refractivity contribution in [2.45, 2.75) is 26.4 Å². The predicted molar refractivity (Wildman–Crippen MR) is 86.9 cm³/mol. The lowest BCUT2D eigenvalue weighted by atomic mass is 10.1. The van der Waals surface area contributed by atoms with Gasteiger partial charge in [0, 0.05) is 30.2 Å². The van der Waals surface area contributed by atoms with E-state index in [2.05, 4.69) is 26.5 Å². The van der Waals surface area contributed by atoms with E-state index in [1.165, 1.54) is 0 Å². The number of amides is 1. The number of hydrogen-bond acceptors (Lipinski definition) is 5. The zero-order chi connectivity index (χ0) is 16.3. The summed E-state index contributed by atoms with van der Waals surface area (Å²) in [7, 11) is 1.77. The molecule has 0 radical (unpaired) electrons. The van der Waals surface area contributed by atoms with E-state index >= 15 is 0 Å². The summed E-state index contributed by atoms with van der Waals surface area (Å²) in [5, 5.41) is 7.14. The fourth-order valence-corrected chi connectivity index (χ4v) is 1.93. The monoisotopic (exact) mass is 298 g/mol. The molecule has 6 heteroatoms. The molecule has 0 saturated carbocycles. The topological polar surface area (TPSA) is 76.1 Å². The molecule has 2 heterocycles. The van der Waals surface area contributed by atoms with Crippen LogP contribution >= 0.6 is 0 Å². The summed E-state index contributed by atoms with van der Waals surface area (Å²) in [4.78, 5) is 20.2. The average Bonchev–Trinajstić information content (AvgIpc) is 2.43. The van der Waals surface area contributed by atoms with Crippen LogP contribution in [0.3, 0.4) is 0 Å². The Hall–Kier alpha value is -2.81. The summed E-state index contributed by atoms with van der Waals surface area (Å²) < 4.78 is 5.20. The first kappa shape index (κ1) is 15.6. The van der Waals surface area contributed by atoms with Crippen LogP contribution in [-0.2, 0) is 4.74 Å². The van der Waals surface area contributed by atoms with Gasteiger partial charge in [0.1, 0.15) is 17.2 Å². The number of fused-ring (bicyclic) bond motifs is 1. The number of terminal acetylenes is 1. The van der Waals surface area contributed by atoms with Gasteiger partial charge < -0.3 is 10.1 Å². The second-order valence-corrected chi connectivity index (χ2v) is 5.66. The number of aromatic nitrogens is 2. The molecule has 0 aromatic carbocycles. The number of nitrogens with one attached hydrogen (secondary N) is 2. The quantitative estimate of drug-likeness (QED) is 0.834. The molecule has 0 spiro atoms. The zero-order valence-electron chi connectivity index (χ0n) is 13.0. The van der Waals surface area contributed by atoms with Crippen molar-refractivity contribution < 1.29 is 9.53 Å². The number of pyridine rings is 2. The number of carbonyl (C=O) groups is 1. The fourth-order valence-electron chi connectivity index (χ4n) is 1.93. The van der Waals surface area contributed by atoms with Crippen LogP contribution in [0.1, 0.15) is 26.3 Å². The minimum Gasteiger partial charge on any atom is -0.444 e. The van der Waals surface area contributed by atoms with Gasteiger partial charge in [-0.25, -0.2) is 14.8 Å². The summed E-state index contributed by atoms with van der Waals surface area (Å²) >= 11 is 0. The van der Waals surface area contributed by atoms with Crippen LogP contribution in [0, 0.1) is 12.3 Å². The maximum Gasteiger partial charge on any atom is 0.413 e. The number of ether oxygens (including phenoxy) is 1. The van der Waals surface area contributed by atoms with Crippen LogP contribution in [-0.4, -0.2) is 28.7 Å². The summed E-state index contributed by atoms with van der Waals surface area (Å²) in [6.45, 7) is 5.38. The summed E-state index contributed by atoms with van der Waals surface area (Å²) in [6, 6.07) is 1.71. The Balaban J connectivity index is 2.38. The molecule has 6 nitrogen and oxygen atoms in total. The number of hydrogen-bond donors (Lipinski definition) is 2. The lowest BCUT2D eigenvalue weighted by Crippen LogP contribution is -2.27. The van der Waals surface area contributed by atoms with Crippen LogP contribution in [0.4, 0.5) is 16.4 Å². The minimum atomic E-state index is -0.575. The Labute approximate surface area is 129 Å². The molecule has 114 valence electrons. The van der Waals surface area contributed by atoms with E-state index in [9.17, 15) is 4.79 Å². The van der Waals surface area contributed by atoms with E-state index in [1.54, 1.807) is 46.3 Å². The lowest BCUT2D eigenvalue weighted by Gasteiger charge is -2.19. The number of carbonyl (C=O) groups excluding carboxylic acids is 1. The van der Waals surface area contributed by atoms with Crippen molar-refractivity contribution in [3.05, 3.63) is 24.0 Å². The Morgan fingerprint density at radius 1 is 1.27 bits per heavy atom. The molecular weight excluding hydrogens is 280 g/mol. The SMILES string of the molecule is C#Cc1cnc(NC)c2cnc(NC(=O)OC(C)(C)C)cc12. The molecule has 1 amide bonds. The van der Waals surface area contributed by atoms with E-state index < -0.39 is 11.7 Å². The Morgan fingerprint density at radius 2 is 2.00 bits per heavy atom. The number of rotatable bonds is 2. The van der Waals surface area contributed by atoms with Gasteiger partial charge in [-0.2, -0.15) is 0 Å². The molecule has 0 saturated heterocycles.